The number of aliphatic hydroxyl groups excluding tert-OH is 1. The highest BCUT2D eigenvalue weighted by Crippen LogP contribution is 2.09. The summed E-state index contributed by atoms with van der Waals surface area (Å²) in [6, 6.07) is 5.06. The van der Waals surface area contributed by atoms with Gasteiger partial charge in [0.05, 0.1) is 5.94 Å². The summed E-state index contributed by atoms with van der Waals surface area (Å²) in [5.74, 6) is -0.0632. The van der Waals surface area contributed by atoms with Crippen LogP contribution in [0.1, 0.15) is 0 Å². The highest BCUT2D eigenvalue weighted by atomic mass is 32.2. The first-order valence-electron chi connectivity index (χ1n) is 2.76. The molecule has 0 radical (unpaired) electrons. The van der Waals surface area contributed by atoms with Gasteiger partial charge in [0, 0.05) is 12.1 Å². The monoisotopic (exact) mass is 157 g/mol. The second-order valence-electron chi connectivity index (χ2n) is 1.64. The molecule has 0 saturated heterocycles. The quantitative estimate of drug-likeness (QED) is 0.292. The van der Waals surface area contributed by atoms with Crippen molar-refractivity contribution in [2.75, 3.05) is 5.94 Å². The second-order valence-corrected chi connectivity index (χ2v) is 2.60. The Kier molecular flexibility index (Phi) is 2.53. The molecule has 1 aromatic rings. The van der Waals surface area contributed by atoms with Crippen molar-refractivity contribution >= 4 is 11.8 Å². The molecule has 0 unspecified atom stereocenters. The third-order valence-electron chi connectivity index (χ3n) is 1.00. The Morgan fingerprint density at radius 3 is 3.00 bits per heavy atom. The molecule has 0 atom stereocenters. The van der Waals surface area contributed by atoms with E-state index in [1.807, 2.05) is 0 Å². The first kappa shape index (κ1) is 7.37. The molecule has 54 valence electrons. The van der Waals surface area contributed by atoms with Gasteiger partial charge in [-0.05, 0) is 17.8 Å². The van der Waals surface area contributed by atoms with E-state index in [9.17, 15) is 5.21 Å². The Balaban J connectivity index is 2.81. The molecular weight excluding hydrogens is 150 g/mol. The third-order valence-corrected chi connectivity index (χ3v) is 1.74. The minimum absolute atomic E-state index is 0.0632. The minimum atomic E-state index is -0.0632. The topological polar surface area (TPSA) is 47.2 Å². The molecule has 0 amide bonds. The van der Waals surface area contributed by atoms with Gasteiger partial charge in [-0.25, -0.2) is 0 Å². The lowest BCUT2D eigenvalue weighted by molar-refractivity contribution is -0.645. The molecule has 0 fully saturated rings. The van der Waals surface area contributed by atoms with Gasteiger partial charge in [-0.1, -0.05) is 0 Å². The van der Waals surface area contributed by atoms with Crippen molar-refractivity contribution in [3.63, 3.8) is 0 Å². The largest absolute Gasteiger partial charge is 0.618 e. The van der Waals surface area contributed by atoms with E-state index < -0.39 is 0 Å². The molecule has 1 aromatic heterocycles. The van der Waals surface area contributed by atoms with Crippen molar-refractivity contribution in [2.45, 2.75) is 5.03 Å². The van der Waals surface area contributed by atoms with E-state index in [4.69, 9.17) is 5.11 Å². The Hall–Kier alpha value is -0.740. The van der Waals surface area contributed by atoms with Crippen molar-refractivity contribution < 1.29 is 9.84 Å². The average Bonchev–Trinajstić information content (AvgIpc) is 1.94. The van der Waals surface area contributed by atoms with Crippen LogP contribution in [0.4, 0.5) is 0 Å². The fourth-order valence-corrected chi connectivity index (χ4v) is 1.09. The van der Waals surface area contributed by atoms with Crippen molar-refractivity contribution in [3.8, 4) is 0 Å². The molecule has 4 heteroatoms. The molecule has 0 saturated carbocycles. The number of hydrogen-bond acceptors (Lipinski definition) is 3. The molecule has 0 bridgehead atoms. The first-order valence-corrected chi connectivity index (χ1v) is 3.75. The van der Waals surface area contributed by atoms with E-state index in [0.717, 1.165) is 16.5 Å². The maximum absolute atomic E-state index is 10.8. The normalized spacial score (nSPS) is 9.70. The van der Waals surface area contributed by atoms with Gasteiger partial charge >= 0.3 is 0 Å². The third kappa shape index (κ3) is 1.62. The Morgan fingerprint density at radius 1 is 1.60 bits per heavy atom. The van der Waals surface area contributed by atoms with E-state index in [1.54, 1.807) is 18.2 Å². The predicted molar refractivity (Wildman–Crippen MR) is 38.3 cm³/mol. The number of aromatic nitrogens is 1. The fourth-order valence-electron chi connectivity index (χ4n) is 0.591. The van der Waals surface area contributed by atoms with Gasteiger partial charge in [0.2, 0.25) is 0 Å². The maximum Gasteiger partial charge on any atom is 0.253 e. The summed E-state index contributed by atoms with van der Waals surface area (Å²) in [6.07, 6.45) is 1.40. The number of hydrogen-bond donors (Lipinski definition) is 1. The van der Waals surface area contributed by atoms with Crippen LogP contribution < -0.4 is 4.73 Å². The number of aliphatic hydroxyl groups is 1. The van der Waals surface area contributed by atoms with Crippen LogP contribution in [0.15, 0.2) is 29.4 Å². The van der Waals surface area contributed by atoms with Crippen molar-refractivity contribution in [2.24, 2.45) is 0 Å². The summed E-state index contributed by atoms with van der Waals surface area (Å²) in [6.45, 7) is 0. The summed E-state index contributed by atoms with van der Waals surface area (Å²) in [5.41, 5.74) is 0. The summed E-state index contributed by atoms with van der Waals surface area (Å²) >= 11 is 1.11. The molecule has 0 spiro atoms. The van der Waals surface area contributed by atoms with Crippen molar-refractivity contribution in [3.05, 3.63) is 29.6 Å². The molecule has 1 rings (SSSR count). The van der Waals surface area contributed by atoms with Gasteiger partial charge < -0.3 is 10.3 Å². The van der Waals surface area contributed by atoms with Crippen LogP contribution in [0.2, 0.25) is 0 Å². The lowest BCUT2D eigenvalue weighted by atomic mass is 10.5. The average molecular weight is 157 g/mol. The summed E-state index contributed by atoms with van der Waals surface area (Å²) in [4.78, 5) is 0. The van der Waals surface area contributed by atoms with Crippen LogP contribution in [0, 0.1) is 5.21 Å². The van der Waals surface area contributed by atoms with E-state index in [0.29, 0.717) is 5.03 Å². The lowest BCUT2D eigenvalue weighted by Crippen LogP contribution is -2.27. The zero-order valence-corrected chi connectivity index (χ0v) is 6.04. The van der Waals surface area contributed by atoms with Crippen LogP contribution in [0.25, 0.3) is 0 Å². The van der Waals surface area contributed by atoms with E-state index in [2.05, 4.69) is 0 Å². The number of nitrogens with zero attached hydrogens (tertiary/aromatic N) is 1. The highest BCUT2D eigenvalue weighted by molar-refractivity contribution is 7.98. The maximum atomic E-state index is 10.8. The molecule has 0 aliphatic heterocycles. The van der Waals surface area contributed by atoms with Gasteiger partial charge in [-0.3, -0.25) is 0 Å². The molecule has 0 aliphatic rings. The number of rotatable bonds is 2. The minimum Gasteiger partial charge on any atom is -0.618 e. The zero-order valence-electron chi connectivity index (χ0n) is 5.23. The first-order chi connectivity index (χ1) is 4.84. The van der Waals surface area contributed by atoms with Gasteiger partial charge in [0.15, 0.2) is 6.20 Å². The SMILES string of the molecule is [O-][n+]1ccccc1SCO. The molecule has 1 N–H and O–H groups in total. The van der Waals surface area contributed by atoms with Crippen LogP contribution in [0.5, 0.6) is 0 Å². The van der Waals surface area contributed by atoms with Gasteiger partial charge in [0.25, 0.3) is 5.03 Å². The Morgan fingerprint density at radius 2 is 2.40 bits per heavy atom. The van der Waals surface area contributed by atoms with Crippen LogP contribution >= 0.6 is 11.8 Å². The van der Waals surface area contributed by atoms with Crippen LogP contribution in [-0.2, 0) is 0 Å². The van der Waals surface area contributed by atoms with Gasteiger partial charge in [-0.2, -0.15) is 4.73 Å². The van der Waals surface area contributed by atoms with Gasteiger partial charge in [-0.15, -0.1) is 0 Å². The predicted octanol–water partition coefficient (Wildman–Crippen LogP) is 0.362. The zero-order chi connectivity index (χ0) is 7.40. The Labute approximate surface area is 62.9 Å². The molecule has 0 aromatic carbocycles. The van der Waals surface area contributed by atoms with Crippen LogP contribution in [0.3, 0.4) is 0 Å². The van der Waals surface area contributed by atoms with E-state index >= 15 is 0 Å². The summed E-state index contributed by atoms with van der Waals surface area (Å²) < 4.78 is 0.723. The van der Waals surface area contributed by atoms with Gasteiger partial charge in [0.1, 0.15) is 0 Å². The van der Waals surface area contributed by atoms with E-state index in [1.165, 1.54) is 6.20 Å². The highest BCUT2D eigenvalue weighted by Gasteiger charge is 2.00. The summed E-state index contributed by atoms with van der Waals surface area (Å²) in [7, 11) is 0. The number of thioether (sulfide) groups is 1. The smallest absolute Gasteiger partial charge is 0.253 e. The molecule has 10 heavy (non-hydrogen) atoms. The second kappa shape index (κ2) is 3.43. The molecule has 0 aliphatic carbocycles. The van der Waals surface area contributed by atoms with Crippen LogP contribution in [-0.4, -0.2) is 11.0 Å². The van der Waals surface area contributed by atoms with Crippen molar-refractivity contribution in [1.29, 1.82) is 0 Å². The molecular formula is C6H7NO2S. The fraction of sp³-hybridized carbons (Fsp3) is 0.167. The lowest BCUT2D eigenvalue weighted by Gasteiger charge is -1.99. The number of pyridine rings is 1. The summed E-state index contributed by atoms with van der Waals surface area (Å²) in [5, 5.41) is 19.8. The van der Waals surface area contributed by atoms with E-state index in [-0.39, 0.29) is 5.94 Å². The molecule has 1 heterocycles. The van der Waals surface area contributed by atoms with Crippen molar-refractivity contribution in [1.82, 2.24) is 0 Å². The standard InChI is InChI=1S/C6H7NO2S/c8-5-10-6-3-1-2-4-7(6)9/h1-4,8H,5H2. The Bertz CT molecular complexity index is 217. The molecule has 3 nitrogen and oxygen atoms in total.